The molecule has 0 aliphatic carbocycles. The van der Waals surface area contributed by atoms with Gasteiger partial charge >= 0.3 is 0 Å². The van der Waals surface area contributed by atoms with E-state index in [-0.39, 0.29) is 11.9 Å². The smallest absolute Gasteiger partial charge is 0.272 e. The predicted octanol–water partition coefficient (Wildman–Crippen LogP) is 4.78. The first-order chi connectivity index (χ1) is 12.1. The zero-order valence-electron chi connectivity index (χ0n) is 14.2. The Morgan fingerprint density at radius 3 is 2.48 bits per heavy atom. The first-order valence-electron chi connectivity index (χ1n) is 8.21. The third-order valence-corrected chi connectivity index (χ3v) is 4.37. The Morgan fingerprint density at radius 2 is 1.80 bits per heavy atom. The molecule has 3 rings (SSSR count). The molecule has 0 bridgehead atoms. The van der Waals surface area contributed by atoms with Crippen molar-refractivity contribution in [1.29, 1.82) is 0 Å². The van der Waals surface area contributed by atoms with E-state index in [2.05, 4.69) is 10.2 Å². The van der Waals surface area contributed by atoms with Crippen LogP contribution in [0.5, 0.6) is 0 Å². The van der Waals surface area contributed by atoms with Crippen molar-refractivity contribution in [1.82, 2.24) is 15.1 Å². The minimum absolute atomic E-state index is 0.0692. The number of hydrogen-bond acceptors (Lipinski definition) is 2. The monoisotopic (exact) mass is 353 g/mol. The second-order valence-corrected chi connectivity index (χ2v) is 6.57. The summed E-state index contributed by atoms with van der Waals surface area (Å²) in [4.78, 5) is 14.8. The van der Waals surface area contributed by atoms with Crippen LogP contribution in [0, 0.1) is 0 Å². The first-order valence-corrected chi connectivity index (χ1v) is 8.59. The number of aromatic nitrogens is 2. The third kappa shape index (κ3) is 3.91. The SMILES string of the molecule is CC(C)N(Cc1ccccc1)C(=O)c1cc(-c2ccccc2Cl)n[nH]1. The largest absolute Gasteiger partial charge is 0.331 e. The van der Waals surface area contributed by atoms with Crippen LogP contribution >= 0.6 is 11.6 Å². The number of hydrogen-bond donors (Lipinski definition) is 1. The van der Waals surface area contributed by atoms with E-state index in [1.807, 2.05) is 73.3 Å². The van der Waals surface area contributed by atoms with Crippen LogP contribution in [0.3, 0.4) is 0 Å². The lowest BCUT2D eigenvalue weighted by atomic mass is 10.1. The molecule has 1 N–H and O–H groups in total. The van der Waals surface area contributed by atoms with E-state index >= 15 is 0 Å². The molecule has 0 saturated heterocycles. The zero-order valence-corrected chi connectivity index (χ0v) is 15.0. The molecule has 0 aliphatic heterocycles. The molecule has 0 spiro atoms. The van der Waals surface area contributed by atoms with E-state index in [9.17, 15) is 4.79 Å². The molecule has 1 heterocycles. The molecule has 3 aromatic rings. The number of carbonyl (C=O) groups is 1. The number of nitrogens with one attached hydrogen (secondary N) is 1. The van der Waals surface area contributed by atoms with Gasteiger partial charge in [-0.15, -0.1) is 0 Å². The molecule has 128 valence electrons. The Balaban J connectivity index is 1.85. The maximum atomic E-state index is 12.9. The lowest BCUT2D eigenvalue weighted by molar-refractivity contribution is 0.0684. The van der Waals surface area contributed by atoms with Crippen LogP contribution < -0.4 is 0 Å². The van der Waals surface area contributed by atoms with E-state index in [1.54, 1.807) is 6.07 Å². The molecule has 0 saturated carbocycles. The van der Waals surface area contributed by atoms with E-state index in [4.69, 9.17) is 11.6 Å². The van der Waals surface area contributed by atoms with E-state index in [0.717, 1.165) is 11.1 Å². The summed E-state index contributed by atoms with van der Waals surface area (Å²) in [5.74, 6) is -0.0790. The van der Waals surface area contributed by atoms with Gasteiger partial charge < -0.3 is 4.90 Å². The summed E-state index contributed by atoms with van der Waals surface area (Å²) >= 11 is 6.22. The van der Waals surface area contributed by atoms with Gasteiger partial charge in [0.05, 0.1) is 10.7 Å². The highest BCUT2D eigenvalue weighted by atomic mass is 35.5. The molecule has 0 fully saturated rings. The highest BCUT2D eigenvalue weighted by Crippen LogP contribution is 2.26. The number of amides is 1. The molecule has 0 aliphatic rings. The normalized spacial score (nSPS) is 10.9. The topological polar surface area (TPSA) is 49.0 Å². The third-order valence-electron chi connectivity index (χ3n) is 4.04. The molecule has 25 heavy (non-hydrogen) atoms. The summed E-state index contributed by atoms with van der Waals surface area (Å²) in [5.41, 5.74) is 3.02. The molecule has 1 aromatic heterocycles. The van der Waals surface area contributed by atoms with Crippen LogP contribution in [-0.4, -0.2) is 27.0 Å². The Bertz CT molecular complexity index is 858. The summed E-state index contributed by atoms with van der Waals surface area (Å²) in [7, 11) is 0. The Kier molecular flexibility index (Phi) is 5.19. The molecule has 1 amide bonds. The first kappa shape index (κ1) is 17.2. The summed E-state index contributed by atoms with van der Waals surface area (Å²) in [6.07, 6.45) is 0. The van der Waals surface area contributed by atoms with Crippen molar-refractivity contribution in [3.05, 3.63) is 76.9 Å². The lowest BCUT2D eigenvalue weighted by Gasteiger charge is -2.26. The maximum absolute atomic E-state index is 12.9. The fourth-order valence-electron chi connectivity index (χ4n) is 2.66. The molecule has 0 unspecified atom stereocenters. The van der Waals surface area contributed by atoms with Crippen LogP contribution in [0.1, 0.15) is 29.9 Å². The van der Waals surface area contributed by atoms with Crippen LogP contribution in [0.4, 0.5) is 0 Å². The van der Waals surface area contributed by atoms with E-state index in [1.165, 1.54) is 0 Å². The summed E-state index contributed by atoms with van der Waals surface area (Å²) < 4.78 is 0. The van der Waals surface area contributed by atoms with Gasteiger partial charge in [-0.05, 0) is 31.5 Å². The van der Waals surface area contributed by atoms with Crippen LogP contribution in [0.25, 0.3) is 11.3 Å². The van der Waals surface area contributed by atoms with Crippen molar-refractivity contribution >= 4 is 17.5 Å². The van der Waals surface area contributed by atoms with Crippen molar-refractivity contribution < 1.29 is 4.79 Å². The average Bonchev–Trinajstić information content (AvgIpc) is 3.10. The fraction of sp³-hybridized carbons (Fsp3) is 0.200. The van der Waals surface area contributed by atoms with Crippen molar-refractivity contribution in [2.45, 2.75) is 26.4 Å². The van der Waals surface area contributed by atoms with E-state index < -0.39 is 0 Å². The lowest BCUT2D eigenvalue weighted by Crippen LogP contribution is -2.36. The summed E-state index contributed by atoms with van der Waals surface area (Å²) in [6, 6.07) is 19.2. The van der Waals surface area contributed by atoms with Gasteiger partial charge in [0.1, 0.15) is 5.69 Å². The number of benzene rings is 2. The average molecular weight is 354 g/mol. The van der Waals surface area contributed by atoms with Gasteiger partial charge in [-0.2, -0.15) is 5.10 Å². The number of halogens is 1. The van der Waals surface area contributed by atoms with Gasteiger partial charge in [0.15, 0.2) is 0 Å². The molecule has 2 aromatic carbocycles. The summed E-state index contributed by atoms with van der Waals surface area (Å²) in [5, 5.41) is 7.72. The molecule has 4 nitrogen and oxygen atoms in total. The van der Waals surface area contributed by atoms with Crippen LogP contribution in [0.2, 0.25) is 5.02 Å². The zero-order chi connectivity index (χ0) is 17.8. The standard InChI is InChI=1S/C20H20ClN3O/c1-14(2)24(13-15-8-4-3-5-9-15)20(25)19-12-18(22-23-19)16-10-6-7-11-17(16)21/h3-12,14H,13H2,1-2H3,(H,22,23). The number of rotatable bonds is 5. The van der Waals surface area contributed by atoms with Crippen LogP contribution in [-0.2, 0) is 6.54 Å². The van der Waals surface area contributed by atoms with Gasteiger partial charge in [0, 0.05) is 18.2 Å². The van der Waals surface area contributed by atoms with Gasteiger partial charge in [-0.25, -0.2) is 0 Å². The van der Waals surface area contributed by atoms with Gasteiger partial charge in [-0.3, -0.25) is 9.89 Å². The summed E-state index contributed by atoms with van der Waals surface area (Å²) in [6.45, 7) is 4.57. The van der Waals surface area contributed by atoms with Crippen molar-refractivity contribution in [3.8, 4) is 11.3 Å². The van der Waals surface area contributed by atoms with E-state index in [0.29, 0.717) is 23.0 Å². The van der Waals surface area contributed by atoms with Crippen molar-refractivity contribution in [3.63, 3.8) is 0 Å². The number of H-pyrrole nitrogens is 1. The number of carbonyl (C=O) groups excluding carboxylic acids is 1. The number of nitrogens with zero attached hydrogens (tertiary/aromatic N) is 2. The maximum Gasteiger partial charge on any atom is 0.272 e. The van der Waals surface area contributed by atoms with Gasteiger partial charge in [0.2, 0.25) is 0 Å². The minimum atomic E-state index is -0.0790. The minimum Gasteiger partial charge on any atom is -0.331 e. The molecular weight excluding hydrogens is 334 g/mol. The number of aromatic amines is 1. The highest BCUT2D eigenvalue weighted by molar-refractivity contribution is 6.33. The highest BCUT2D eigenvalue weighted by Gasteiger charge is 2.21. The molecule has 0 atom stereocenters. The fourth-order valence-corrected chi connectivity index (χ4v) is 2.89. The van der Waals surface area contributed by atoms with Gasteiger partial charge in [0.25, 0.3) is 5.91 Å². The Labute approximate surface area is 152 Å². The Morgan fingerprint density at radius 1 is 1.12 bits per heavy atom. The predicted molar refractivity (Wildman–Crippen MR) is 100 cm³/mol. The van der Waals surface area contributed by atoms with Crippen molar-refractivity contribution in [2.24, 2.45) is 0 Å². The Hall–Kier alpha value is -2.59. The second kappa shape index (κ2) is 7.53. The quantitative estimate of drug-likeness (QED) is 0.717. The second-order valence-electron chi connectivity index (χ2n) is 6.16. The molecule has 5 heteroatoms. The van der Waals surface area contributed by atoms with Crippen molar-refractivity contribution in [2.75, 3.05) is 0 Å². The van der Waals surface area contributed by atoms with Gasteiger partial charge in [-0.1, -0.05) is 60.1 Å². The van der Waals surface area contributed by atoms with Crippen LogP contribution in [0.15, 0.2) is 60.7 Å². The molecule has 0 radical (unpaired) electrons. The molecular formula is C20H20ClN3O.